The van der Waals surface area contributed by atoms with Crippen molar-refractivity contribution in [2.24, 2.45) is 0 Å². The number of benzene rings is 2. The Morgan fingerprint density at radius 3 is 2.71 bits per heavy atom. The molecule has 0 atom stereocenters. The molecular weight excluding hydrogens is 425 g/mol. The van der Waals surface area contributed by atoms with E-state index in [1.807, 2.05) is 22.9 Å². The Morgan fingerprint density at radius 1 is 1.11 bits per heavy atom. The van der Waals surface area contributed by atoms with E-state index in [4.69, 9.17) is 4.74 Å². The summed E-state index contributed by atoms with van der Waals surface area (Å²) < 4.78 is 23.4. The lowest BCUT2D eigenvalue weighted by Crippen LogP contribution is -2.04. The van der Waals surface area contributed by atoms with Gasteiger partial charge in [-0.3, -0.25) is 4.57 Å². The molecule has 0 radical (unpaired) electrons. The number of rotatable bonds is 3. The average Bonchev–Trinajstić information content (AvgIpc) is 3.23. The zero-order chi connectivity index (χ0) is 19.3. The Bertz CT molecular complexity index is 1180. The zero-order valence-electron chi connectivity index (χ0n) is 14.9. The first-order valence-electron chi connectivity index (χ1n) is 8.72. The van der Waals surface area contributed by atoms with E-state index in [0.29, 0.717) is 12.8 Å². The Kier molecular flexibility index (Phi) is 4.01. The summed E-state index contributed by atoms with van der Waals surface area (Å²) in [6.45, 7) is 0. The van der Waals surface area contributed by atoms with E-state index in [0.717, 1.165) is 44.4 Å². The summed E-state index contributed by atoms with van der Waals surface area (Å²) in [5.41, 5.74) is 5.64. The van der Waals surface area contributed by atoms with Crippen LogP contribution in [0.2, 0.25) is 0 Å². The molecule has 2 aromatic carbocycles. The molecule has 1 aliphatic rings. The molecule has 2 aromatic heterocycles. The molecular formula is C20H15BrFN5O. The van der Waals surface area contributed by atoms with Crippen LogP contribution in [-0.4, -0.2) is 31.7 Å². The van der Waals surface area contributed by atoms with Gasteiger partial charge in [-0.1, -0.05) is 17.3 Å². The maximum absolute atomic E-state index is 13.2. The molecule has 8 heteroatoms. The molecule has 140 valence electrons. The third kappa shape index (κ3) is 2.72. The molecule has 0 saturated heterocycles. The molecule has 0 bridgehead atoms. The van der Waals surface area contributed by atoms with E-state index in [2.05, 4.69) is 35.8 Å². The minimum Gasteiger partial charge on any atom is -0.497 e. The van der Waals surface area contributed by atoms with Gasteiger partial charge >= 0.3 is 0 Å². The molecule has 0 amide bonds. The highest BCUT2D eigenvalue weighted by atomic mass is 79.9. The number of imidazole rings is 1. The van der Waals surface area contributed by atoms with Crippen molar-refractivity contribution in [2.75, 3.05) is 7.11 Å². The Balaban J connectivity index is 1.68. The van der Waals surface area contributed by atoms with E-state index in [1.54, 1.807) is 25.6 Å². The summed E-state index contributed by atoms with van der Waals surface area (Å²) in [4.78, 5) is 4.42. The van der Waals surface area contributed by atoms with Gasteiger partial charge in [0.1, 0.15) is 22.5 Å². The molecule has 0 saturated carbocycles. The molecule has 0 spiro atoms. The van der Waals surface area contributed by atoms with Gasteiger partial charge in [0.2, 0.25) is 0 Å². The highest BCUT2D eigenvalue weighted by Gasteiger charge is 2.26. The number of aromatic nitrogens is 5. The largest absolute Gasteiger partial charge is 0.497 e. The summed E-state index contributed by atoms with van der Waals surface area (Å²) in [7, 11) is 1.64. The van der Waals surface area contributed by atoms with Crippen LogP contribution in [0.3, 0.4) is 0 Å². The topological polar surface area (TPSA) is 57.8 Å². The first-order chi connectivity index (χ1) is 13.6. The molecule has 3 heterocycles. The van der Waals surface area contributed by atoms with Crippen LogP contribution in [0.25, 0.3) is 11.4 Å². The van der Waals surface area contributed by atoms with Crippen molar-refractivity contribution >= 4 is 15.9 Å². The van der Waals surface area contributed by atoms with Crippen molar-refractivity contribution in [3.05, 3.63) is 81.9 Å². The third-order valence-electron chi connectivity index (χ3n) is 4.95. The lowest BCUT2D eigenvalue weighted by Gasteiger charge is -2.11. The molecule has 0 unspecified atom stereocenters. The molecule has 6 nitrogen and oxygen atoms in total. The molecule has 4 aromatic rings. The number of ether oxygens (including phenoxy) is 1. The van der Waals surface area contributed by atoms with Gasteiger partial charge in [-0.2, -0.15) is 0 Å². The van der Waals surface area contributed by atoms with E-state index >= 15 is 0 Å². The Hall–Kier alpha value is -3.00. The first-order valence-corrected chi connectivity index (χ1v) is 9.51. The van der Waals surface area contributed by atoms with Crippen LogP contribution < -0.4 is 4.74 Å². The lowest BCUT2D eigenvalue weighted by molar-refractivity contribution is 0.414. The Morgan fingerprint density at radius 2 is 1.93 bits per heavy atom. The van der Waals surface area contributed by atoms with Crippen LogP contribution in [0.15, 0.2) is 53.4 Å². The van der Waals surface area contributed by atoms with Crippen LogP contribution in [0.1, 0.15) is 22.6 Å². The fourth-order valence-electron chi connectivity index (χ4n) is 3.52. The lowest BCUT2D eigenvalue weighted by atomic mass is 10.1. The van der Waals surface area contributed by atoms with Crippen molar-refractivity contribution < 1.29 is 9.13 Å². The predicted molar refractivity (Wildman–Crippen MR) is 105 cm³/mol. The molecule has 0 N–H and O–H groups in total. The van der Waals surface area contributed by atoms with E-state index < -0.39 is 0 Å². The summed E-state index contributed by atoms with van der Waals surface area (Å²) >= 11 is 3.56. The SMILES string of the molecule is COc1ccc2c(c1)-n1nnc(Cc3ccc(F)cc3)c1Cc1c(Br)ncn1-2. The van der Waals surface area contributed by atoms with Crippen molar-refractivity contribution in [1.82, 2.24) is 24.5 Å². The number of hydrogen-bond acceptors (Lipinski definition) is 4. The number of hydrogen-bond donors (Lipinski definition) is 0. The van der Waals surface area contributed by atoms with Gasteiger partial charge in [0.15, 0.2) is 0 Å². The maximum Gasteiger partial charge on any atom is 0.128 e. The number of fused-ring (bicyclic) bond motifs is 5. The fraction of sp³-hybridized carbons (Fsp3) is 0.150. The second kappa shape index (κ2) is 6.56. The zero-order valence-corrected chi connectivity index (χ0v) is 16.5. The van der Waals surface area contributed by atoms with Crippen LogP contribution in [-0.2, 0) is 12.8 Å². The molecule has 1 aliphatic heterocycles. The van der Waals surface area contributed by atoms with Gasteiger partial charge in [0.25, 0.3) is 0 Å². The molecule has 28 heavy (non-hydrogen) atoms. The Labute approximate surface area is 168 Å². The van der Waals surface area contributed by atoms with Crippen molar-refractivity contribution in [3.63, 3.8) is 0 Å². The number of nitrogens with zero attached hydrogens (tertiary/aromatic N) is 5. The predicted octanol–water partition coefficient (Wildman–Crippen LogP) is 3.86. The molecule has 0 fully saturated rings. The first kappa shape index (κ1) is 17.1. The van der Waals surface area contributed by atoms with E-state index in [9.17, 15) is 4.39 Å². The number of halogens is 2. The molecule has 0 aliphatic carbocycles. The maximum atomic E-state index is 13.2. The van der Waals surface area contributed by atoms with Gasteiger partial charge in [0.05, 0.1) is 35.6 Å². The average molecular weight is 440 g/mol. The van der Waals surface area contributed by atoms with Crippen LogP contribution in [0, 0.1) is 5.82 Å². The van der Waals surface area contributed by atoms with Gasteiger partial charge in [0, 0.05) is 18.9 Å². The van der Waals surface area contributed by atoms with Gasteiger partial charge < -0.3 is 4.74 Å². The van der Waals surface area contributed by atoms with Crippen molar-refractivity contribution in [3.8, 4) is 17.1 Å². The summed E-state index contributed by atoms with van der Waals surface area (Å²) in [6.07, 6.45) is 2.98. The summed E-state index contributed by atoms with van der Waals surface area (Å²) in [5.74, 6) is 0.488. The van der Waals surface area contributed by atoms with E-state index in [-0.39, 0.29) is 5.82 Å². The van der Waals surface area contributed by atoms with Crippen molar-refractivity contribution in [1.29, 1.82) is 0 Å². The van der Waals surface area contributed by atoms with E-state index in [1.165, 1.54) is 12.1 Å². The normalized spacial score (nSPS) is 12.1. The second-order valence-electron chi connectivity index (χ2n) is 6.58. The van der Waals surface area contributed by atoms with Crippen LogP contribution >= 0.6 is 15.9 Å². The highest BCUT2D eigenvalue weighted by molar-refractivity contribution is 9.10. The highest BCUT2D eigenvalue weighted by Crippen LogP contribution is 2.33. The third-order valence-corrected chi connectivity index (χ3v) is 5.61. The van der Waals surface area contributed by atoms with Gasteiger partial charge in [-0.05, 0) is 45.8 Å². The fourth-order valence-corrected chi connectivity index (χ4v) is 3.94. The molecule has 5 rings (SSSR count). The van der Waals surface area contributed by atoms with Crippen LogP contribution in [0.5, 0.6) is 5.75 Å². The minimum atomic E-state index is -0.251. The smallest absolute Gasteiger partial charge is 0.128 e. The standard InChI is InChI=1S/C20H15BrFN5O/c1-28-14-6-7-16-18(9-14)27-17(10-19-20(21)23-11-26(16)19)15(24-25-27)8-12-2-4-13(22)5-3-12/h2-7,9,11H,8,10H2,1H3. The second-order valence-corrected chi connectivity index (χ2v) is 7.33. The number of methoxy groups -OCH3 is 1. The quantitative estimate of drug-likeness (QED) is 0.428. The summed E-state index contributed by atoms with van der Waals surface area (Å²) in [6, 6.07) is 12.3. The van der Waals surface area contributed by atoms with Gasteiger partial charge in [-0.25, -0.2) is 14.1 Å². The summed E-state index contributed by atoms with van der Waals surface area (Å²) in [5, 5.41) is 8.86. The van der Waals surface area contributed by atoms with Gasteiger partial charge in [-0.15, -0.1) is 5.10 Å². The van der Waals surface area contributed by atoms with Crippen LogP contribution in [0.4, 0.5) is 4.39 Å². The minimum absolute atomic E-state index is 0.251. The monoisotopic (exact) mass is 439 g/mol. The van der Waals surface area contributed by atoms with Crippen molar-refractivity contribution in [2.45, 2.75) is 12.8 Å².